The Labute approximate surface area is 143 Å². The van der Waals surface area contributed by atoms with Gasteiger partial charge in [0.2, 0.25) is 5.91 Å². The summed E-state index contributed by atoms with van der Waals surface area (Å²) in [6.45, 7) is 0. The van der Waals surface area contributed by atoms with Gasteiger partial charge in [0.1, 0.15) is 5.82 Å². The molecule has 110 valence electrons. The number of thioether (sulfide) groups is 1. The highest BCUT2D eigenvalue weighted by Gasteiger charge is 2.07. The zero-order valence-corrected chi connectivity index (χ0v) is 14.9. The normalized spacial score (nSPS) is 10.4. The predicted molar refractivity (Wildman–Crippen MR) is 92.2 cm³/mol. The Bertz CT molecular complexity index is 651. The highest BCUT2D eigenvalue weighted by atomic mass is 79.9. The molecule has 0 saturated heterocycles. The molecule has 2 aromatic rings. The average Bonchev–Trinajstić information content (AvgIpc) is 2.45. The van der Waals surface area contributed by atoms with E-state index in [4.69, 9.17) is 0 Å². The fraction of sp³-hybridized carbons (Fsp3) is 0.133. The number of nitrogens with one attached hydrogen (secondary N) is 1. The fourth-order valence-corrected chi connectivity index (χ4v) is 3.22. The highest BCUT2D eigenvalue weighted by Crippen LogP contribution is 2.27. The number of halogens is 3. The van der Waals surface area contributed by atoms with Crippen molar-refractivity contribution in [2.75, 3.05) is 11.1 Å². The molecule has 0 unspecified atom stereocenters. The lowest BCUT2D eigenvalue weighted by molar-refractivity contribution is -0.115. The van der Waals surface area contributed by atoms with E-state index in [1.165, 1.54) is 17.8 Å². The van der Waals surface area contributed by atoms with Gasteiger partial charge in [-0.1, -0.05) is 28.1 Å². The van der Waals surface area contributed by atoms with E-state index in [0.29, 0.717) is 22.8 Å². The van der Waals surface area contributed by atoms with Crippen LogP contribution >= 0.6 is 43.6 Å². The molecule has 2 aromatic carbocycles. The van der Waals surface area contributed by atoms with Gasteiger partial charge in [-0.15, -0.1) is 11.8 Å². The second-order valence-electron chi connectivity index (χ2n) is 4.20. The van der Waals surface area contributed by atoms with E-state index in [1.54, 1.807) is 18.2 Å². The maximum absolute atomic E-state index is 13.4. The van der Waals surface area contributed by atoms with E-state index in [1.807, 2.05) is 18.2 Å². The zero-order chi connectivity index (χ0) is 15.2. The molecule has 6 heteroatoms. The van der Waals surface area contributed by atoms with Crippen molar-refractivity contribution in [2.45, 2.75) is 11.3 Å². The molecule has 0 aliphatic carbocycles. The maximum atomic E-state index is 13.4. The fourth-order valence-electron chi connectivity index (χ4n) is 1.62. The van der Waals surface area contributed by atoms with Gasteiger partial charge < -0.3 is 5.32 Å². The number of rotatable bonds is 5. The largest absolute Gasteiger partial charge is 0.325 e. The van der Waals surface area contributed by atoms with Crippen LogP contribution in [0.4, 0.5) is 10.1 Å². The number of hydrogen-bond acceptors (Lipinski definition) is 2. The first-order valence-electron chi connectivity index (χ1n) is 6.18. The Morgan fingerprint density at radius 1 is 1.19 bits per heavy atom. The van der Waals surface area contributed by atoms with Gasteiger partial charge in [0.25, 0.3) is 0 Å². The monoisotopic (exact) mass is 431 g/mol. The van der Waals surface area contributed by atoms with Crippen LogP contribution in [-0.4, -0.2) is 11.7 Å². The van der Waals surface area contributed by atoms with E-state index >= 15 is 0 Å². The van der Waals surface area contributed by atoms with Crippen LogP contribution in [0.1, 0.15) is 6.42 Å². The number of benzene rings is 2. The van der Waals surface area contributed by atoms with Crippen molar-refractivity contribution in [1.82, 2.24) is 0 Å². The molecule has 0 radical (unpaired) electrons. The third kappa shape index (κ3) is 5.13. The summed E-state index contributed by atoms with van der Waals surface area (Å²) in [6.07, 6.45) is 0.317. The molecule has 2 nitrogen and oxygen atoms in total. The van der Waals surface area contributed by atoms with Gasteiger partial charge in [0.15, 0.2) is 0 Å². The minimum absolute atomic E-state index is 0.0994. The van der Waals surface area contributed by atoms with Gasteiger partial charge in [-0.25, -0.2) is 4.39 Å². The summed E-state index contributed by atoms with van der Waals surface area (Å²) < 4.78 is 15.1. The summed E-state index contributed by atoms with van der Waals surface area (Å²) in [5.74, 6) is 0.175. The molecular formula is C15H12Br2FNOS. The Kier molecular flexibility index (Phi) is 6.26. The van der Waals surface area contributed by atoms with Crippen LogP contribution in [0.15, 0.2) is 56.3 Å². The average molecular weight is 433 g/mol. The molecule has 0 fully saturated rings. The highest BCUT2D eigenvalue weighted by molar-refractivity contribution is 9.11. The Balaban J connectivity index is 1.85. The van der Waals surface area contributed by atoms with Crippen molar-refractivity contribution in [2.24, 2.45) is 0 Å². The molecule has 0 aliphatic rings. The first kappa shape index (κ1) is 16.5. The lowest BCUT2D eigenvalue weighted by Crippen LogP contribution is -2.12. The summed E-state index contributed by atoms with van der Waals surface area (Å²) in [5, 5.41) is 2.83. The van der Waals surface area contributed by atoms with Gasteiger partial charge in [-0.2, -0.15) is 0 Å². The first-order chi connectivity index (χ1) is 10.1. The van der Waals surface area contributed by atoms with E-state index < -0.39 is 0 Å². The van der Waals surface area contributed by atoms with Crippen molar-refractivity contribution >= 4 is 55.2 Å². The van der Waals surface area contributed by atoms with Gasteiger partial charge in [0.05, 0.1) is 5.69 Å². The van der Waals surface area contributed by atoms with Crippen LogP contribution in [-0.2, 0) is 4.79 Å². The second kappa shape index (κ2) is 7.96. The molecule has 0 saturated carbocycles. The Morgan fingerprint density at radius 2 is 1.95 bits per heavy atom. The topological polar surface area (TPSA) is 29.1 Å². The minimum atomic E-state index is -0.252. The smallest absolute Gasteiger partial charge is 0.225 e. The van der Waals surface area contributed by atoms with Crippen molar-refractivity contribution in [3.05, 3.63) is 57.2 Å². The third-order valence-corrected chi connectivity index (χ3v) is 4.86. The van der Waals surface area contributed by atoms with E-state index in [9.17, 15) is 9.18 Å². The number of carbonyl (C=O) groups excluding carboxylic acids is 1. The molecule has 21 heavy (non-hydrogen) atoms. The van der Waals surface area contributed by atoms with Crippen LogP contribution in [0.5, 0.6) is 0 Å². The molecule has 0 atom stereocenters. The van der Waals surface area contributed by atoms with Crippen molar-refractivity contribution in [1.29, 1.82) is 0 Å². The maximum Gasteiger partial charge on any atom is 0.225 e. The molecule has 0 heterocycles. The Hall–Kier alpha value is -0.850. The molecular weight excluding hydrogens is 421 g/mol. The summed E-state index contributed by atoms with van der Waals surface area (Å²) >= 11 is 8.08. The number of amides is 1. The predicted octanol–water partition coefficient (Wildman–Crippen LogP) is 5.47. The van der Waals surface area contributed by atoms with Crippen molar-refractivity contribution in [3.63, 3.8) is 0 Å². The van der Waals surface area contributed by atoms with Crippen molar-refractivity contribution < 1.29 is 9.18 Å². The van der Waals surface area contributed by atoms with E-state index in [2.05, 4.69) is 37.2 Å². The third-order valence-electron chi connectivity index (χ3n) is 2.63. The van der Waals surface area contributed by atoms with Gasteiger partial charge in [0, 0.05) is 26.0 Å². The molecule has 0 bridgehead atoms. The van der Waals surface area contributed by atoms with E-state index in [-0.39, 0.29) is 11.7 Å². The molecule has 0 spiro atoms. The molecule has 2 rings (SSSR count). The Morgan fingerprint density at radius 3 is 2.71 bits per heavy atom. The molecule has 1 amide bonds. The SMILES string of the molecule is O=C(CCSc1ccccc1F)Nc1cc(Br)ccc1Br. The lowest BCUT2D eigenvalue weighted by Gasteiger charge is -2.08. The van der Waals surface area contributed by atoms with Gasteiger partial charge in [-0.05, 0) is 46.3 Å². The number of carbonyl (C=O) groups is 1. The van der Waals surface area contributed by atoms with Crippen LogP contribution in [0.2, 0.25) is 0 Å². The molecule has 1 N–H and O–H groups in total. The summed E-state index contributed by atoms with van der Waals surface area (Å²) in [4.78, 5) is 12.5. The van der Waals surface area contributed by atoms with Crippen LogP contribution in [0.3, 0.4) is 0 Å². The second-order valence-corrected chi connectivity index (χ2v) is 7.11. The lowest BCUT2D eigenvalue weighted by atomic mass is 10.3. The van der Waals surface area contributed by atoms with Gasteiger partial charge >= 0.3 is 0 Å². The number of hydrogen-bond donors (Lipinski definition) is 1. The summed E-state index contributed by atoms with van der Waals surface area (Å²) in [6, 6.07) is 12.1. The molecule has 0 aromatic heterocycles. The van der Waals surface area contributed by atoms with Gasteiger partial charge in [-0.3, -0.25) is 4.79 Å². The zero-order valence-electron chi connectivity index (χ0n) is 10.9. The summed E-state index contributed by atoms with van der Waals surface area (Å²) in [7, 11) is 0. The summed E-state index contributed by atoms with van der Waals surface area (Å²) in [5.41, 5.74) is 0.713. The molecule has 0 aliphatic heterocycles. The quantitative estimate of drug-likeness (QED) is 0.634. The number of anilines is 1. The van der Waals surface area contributed by atoms with Crippen LogP contribution in [0.25, 0.3) is 0 Å². The first-order valence-corrected chi connectivity index (χ1v) is 8.75. The van der Waals surface area contributed by atoms with Crippen LogP contribution in [0, 0.1) is 5.82 Å². The van der Waals surface area contributed by atoms with Crippen molar-refractivity contribution in [3.8, 4) is 0 Å². The van der Waals surface area contributed by atoms with Crippen LogP contribution < -0.4 is 5.32 Å². The standard InChI is InChI=1S/C15H12Br2FNOS/c16-10-5-6-11(17)13(9-10)19-15(20)7-8-21-14-4-2-1-3-12(14)18/h1-6,9H,7-8H2,(H,19,20). The minimum Gasteiger partial charge on any atom is -0.325 e. The van der Waals surface area contributed by atoms with E-state index in [0.717, 1.165) is 8.95 Å².